The summed E-state index contributed by atoms with van der Waals surface area (Å²) >= 11 is 1.33. The van der Waals surface area contributed by atoms with Crippen molar-refractivity contribution in [1.29, 1.82) is 0 Å². The predicted molar refractivity (Wildman–Crippen MR) is 161 cm³/mol. The summed E-state index contributed by atoms with van der Waals surface area (Å²) in [5, 5.41) is 15.1. The maximum absolute atomic E-state index is 13.6. The molecule has 0 aliphatic heterocycles. The van der Waals surface area contributed by atoms with Gasteiger partial charge in [0.1, 0.15) is 27.6 Å². The normalized spacial score (nSPS) is 18.0. The molecule has 2 aromatic carbocycles. The molecule has 1 saturated carbocycles. The molecule has 0 saturated heterocycles. The molecule has 6 rings (SSSR count). The van der Waals surface area contributed by atoms with Crippen molar-refractivity contribution in [2.45, 2.75) is 45.1 Å². The van der Waals surface area contributed by atoms with Crippen molar-refractivity contribution >= 4 is 44.3 Å². The molecule has 0 bridgehead atoms. The molecule has 1 amide bonds. The summed E-state index contributed by atoms with van der Waals surface area (Å²) in [5.41, 5.74) is 7.74. The molecule has 9 nitrogen and oxygen atoms in total. The van der Waals surface area contributed by atoms with E-state index in [-0.39, 0.29) is 30.2 Å². The highest BCUT2D eigenvalue weighted by Crippen LogP contribution is 2.32. The Morgan fingerprint density at radius 2 is 1.95 bits per heavy atom. The maximum atomic E-state index is 13.6. The van der Waals surface area contributed by atoms with E-state index >= 15 is 0 Å². The van der Waals surface area contributed by atoms with E-state index in [1.54, 1.807) is 16.8 Å². The van der Waals surface area contributed by atoms with Crippen LogP contribution in [0.4, 0.5) is 0 Å². The molecule has 2 atom stereocenters. The van der Waals surface area contributed by atoms with Gasteiger partial charge in [0, 0.05) is 18.7 Å². The van der Waals surface area contributed by atoms with Crippen LogP contribution < -0.4 is 26.0 Å². The zero-order valence-electron chi connectivity index (χ0n) is 22.7. The Morgan fingerprint density at radius 3 is 2.73 bits per heavy atom. The zero-order valence-corrected chi connectivity index (χ0v) is 23.5. The molecular formula is C31H31N5O4S. The number of nitrogens with zero attached hydrogens (tertiary/aromatic N) is 3. The number of benzene rings is 2. The quantitative estimate of drug-likeness (QED) is 0.263. The molecule has 10 heteroatoms. The Hall–Kier alpha value is -4.28. The SMILES string of the molecule is Cc1cc(Oc2ccccc2)ccc1-n1c(=O)nc2c(=C(O)C[C@@H]3CCCC[C@@H]3NC(=O)CN)sc3nccc1c32. The fourth-order valence-electron chi connectivity index (χ4n) is 5.78. The zero-order chi connectivity index (χ0) is 28.5. The Labute approximate surface area is 240 Å². The van der Waals surface area contributed by atoms with E-state index in [0.717, 1.165) is 42.4 Å². The third kappa shape index (κ3) is 5.28. The van der Waals surface area contributed by atoms with Crippen molar-refractivity contribution in [3.63, 3.8) is 0 Å². The number of ether oxygens (including phenoxy) is 1. The highest BCUT2D eigenvalue weighted by Gasteiger charge is 2.28. The van der Waals surface area contributed by atoms with Crippen LogP contribution in [0.3, 0.4) is 0 Å². The highest BCUT2D eigenvalue weighted by molar-refractivity contribution is 7.17. The first kappa shape index (κ1) is 26.9. The Bertz CT molecular complexity index is 1850. The van der Waals surface area contributed by atoms with Crippen LogP contribution >= 0.6 is 11.3 Å². The predicted octanol–water partition coefficient (Wildman–Crippen LogP) is 4.51. The molecule has 41 heavy (non-hydrogen) atoms. The van der Waals surface area contributed by atoms with Crippen LogP contribution in [0, 0.1) is 12.8 Å². The molecule has 1 aliphatic rings. The van der Waals surface area contributed by atoms with Crippen LogP contribution in [0.1, 0.15) is 37.7 Å². The van der Waals surface area contributed by atoms with E-state index in [9.17, 15) is 14.7 Å². The number of amides is 1. The molecule has 210 valence electrons. The van der Waals surface area contributed by atoms with Gasteiger partial charge in [-0.25, -0.2) is 9.78 Å². The Kier molecular flexibility index (Phi) is 7.42. The molecule has 0 spiro atoms. The van der Waals surface area contributed by atoms with Crippen LogP contribution in [0.25, 0.3) is 32.7 Å². The second-order valence-corrected chi connectivity index (χ2v) is 11.5. The number of rotatable bonds is 7. The van der Waals surface area contributed by atoms with Crippen molar-refractivity contribution < 1.29 is 14.6 Å². The van der Waals surface area contributed by atoms with Gasteiger partial charge in [-0.05, 0) is 67.6 Å². The van der Waals surface area contributed by atoms with Crippen LogP contribution in [0.2, 0.25) is 0 Å². The van der Waals surface area contributed by atoms with E-state index in [0.29, 0.717) is 38.3 Å². The monoisotopic (exact) mass is 569 g/mol. The molecular weight excluding hydrogens is 538 g/mol. The maximum Gasteiger partial charge on any atom is 0.353 e. The number of nitrogens with two attached hydrogens (primary N) is 1. The van der Waals surface area contributed by atoms with Gasteiger partial charge >= 0.3 is 5.69 Å². The molecule has 0 radical (unpaired) electrons. The van der Waals surface area contributed by atoms with Gasteiger partial charge in [0.25, 0.3) is 0 Å². The summed E-state index contributed by atoms with van der Waals surface area (Å²) in [7, 11) is 0. The first-order chi connectivity index (χ1) is 19.9. The molecule has 3 aromatic heterocycles. The fourth-order valence-corrected chi connectivity index (χ4v) is 6.83. The number of aliphatic hydroxyl groups excluding tert-OH is 1. The number of aromatic nitrogens is 3. The van der Waals surface area contributed by atoms with Gasteiger partial charge < -0.3 is 20.9 Å². The van der Waals surface area contributed by atoms with E-state index < -0.39 is 5.69 Å². The third-order valence-corrected chi connectivity index (χ3v) is 8.87. The van der Waals surface area contributed by atoms with Crippen LogP contribution in [-0.2, 0) is 4.79 Å². The first-order valence-electron chi connectivity index (χ1n) is 13.8. The summed E-state index contributed by atoms with van der Waals surface area (Å²) in [6, 6.07) is 16.9. The van der Waals surface area contributed by atoms with Gasteiger partial charge in [-0.1, -0.05) is 31.0 Å². The van der Waals surface area contributed by atoms with Gasteiger partial charge in [0.15, 0.2) is 0 Å². The van der Waals surface area contributed by atoms with Crippen LogP contribution in [0.15, 0.2) is 65.6 Å². The summed E-state index contributed by atoms with van der Waals surface area (Å²) in [4.78, 5) is 35.2. The number of carbonyl (C=O) groups excluding carboxylic acids is 1. The summed E-state index contributed by atoms with van der Waals surface area (Å²) in [6.45, 7) is 1.87. The molecule has 0 unspecified atom stereocenters. The van der Waals surface area contributed by atoms with Crippen molar-refractivity contribution in [1.82, 2.24) is 19.9 Å². The van der Waals surface area contributed by atoms with Gasteiger partial charge in [-0.15, -0.1) is 11.3 Å². The van der Waals surface area contributed by atoms with E-state index in [4.69, 9.17) is 10.5 Å². The molecule has 3 heterocycles. The van der Waals surface area contributed by atoms with Crippen LogP contribution in [-0.4, -0.2) is 38.1 Å². The number of carbonyl (C=O) groups is 1. The van der Waals surface area contributed by atoms with Gasteiger partial charge in [-0.2, -0.15) is 4.98 Å². The molecule has 1 fully saturated rings. The van der Waals surface area contributed by atoms with Crippen molar-refractivity contribution in [2.24, 2.45) is 11.7 Å². The number of aryl methyl sites for hydroxylation is 1. The second-order valence-electron chi connectivity index (χ2n) is 10.5. The number of hydrogen-bond donors (Lipinski definition) is 3. The van der Waals surface area contributed by atoms with E-state index in [1.807, 2.05) is 55.5 Å². The Balaban J connectivity index is 1.40. The number of aliphatic hydroxyl groups is 1. The lowest BCUT2D eigenvalue weighted by Gasteiger charge is -2.32. The minimum Gasteiger partial charge on any atom is -0.511 e. The van der Waals surface area contributed by atoms with Crippen LogP contribution in [0.5, 0.6) is 11.5 Å². The molecule has 4 N–H and O–H groups in total. The smallest absolute Gasteiger partial charge is 0.353 e. The fraction of sp³-hybridized carbons (Fsp3) is 0.290. The lowest BCUT2D eigenvalue weighted by molar-refractivity contribution is -0.121. The number of thiophene rings is 1. The minimum absolute atomic E-state index is 0.0488. The van der Waals surface area contributed by atoms with Gasteiger partial charge in [0.05, 0.1) is 27.7 Å². The molecule has 5 aromatic rings. The minimum atomic E-state index is -0.442. The lowest BCUT2D eigenvalue weighted by Crippen LogP contribution is -2.44. The van der Waals surface area contributed by atoms with Crippen molar-refractivity contribution in [3.05, 3.63) is 81.4 Å². The number of hydrogen-bond acceptors (Lipinski definition) is 8. The summed E-state index contributed by atoms with van der Waals surface area (Å²) in [6.07, 6.45) is 5.83. The number of para-hydroxylation sites is 1. The number of nitrogens with one attached hydrogen (secondary N) is 1. The largest absolute Gasteiger partial charge is 0.511 e. The summed E-state index contributed by atoms with van der Waals surface area (Å²) < 4.78 is 8.11. The van der Waals surface area contributed by atoms with Gasteiger partial charge in [-0.3, -0.25) is 9.36 Å². The average Bonchev–Trinajstić information content (AvgIpc) is 3.35. The Morgan fingerprint density at radius 1 is 1.15 bits per heavy atom. The standard InChI is InChI=1S/C31H31N5O4S/c1-18-15-21(40-20-8-3-2-4-9-20)11-12-23(18)36-24-13-14-33-30-27(24)28(35-31(36)39)29(41-30)25(37)16-19-7-5-6-10-22(19)34-26(38)17-32/h2-4,8-9,11-15,19,22,37H,5-7,10,16-17,32H2,1H3,(H,34,38)/t19-,22-/m0/s1. The summed E-state index contributed by atoms with van der Waals surface area (Å²) in [5.74, 6) is 1.44. The van der Waals surface area contributed by atoms with Crippen molar-refractivity contribution in [2.75, 3.05) is 6.54 Å². The number of pyridine rings is 1. The molecule has 1 aliphatic carbocycles. The van der Waals surface area contributed by atoms with E-state index in [2.05, 4.69) is 15.3 Å². The second kappa shape index (κ2) is 11.3. The van der Waals surface area contributed by atoms with E-state index in [1.165, 1.54) is 11.3 Å². The highest BCUT2D eigenvalue weighted by atomic mass is 32.1. The van der Waals surface area contributed by atoms with Crippen molar-refractivity contribution in [3.8, 4) is 17.2 Å². The first-order valence-corrected chi connectivity index (χ1v) is 14.6. The van der Waals surface area contributed by atoms with Gasteiger partial charge in [0.2, 0.25) is 5.91 Å². The lowest BCUT2D eigenvalue weighted by atomic mass is 9.82. The average molecular weight is 570 g/mol. The topological polar surface area (TPSA) is 132 Å². The third-order valence-electron chi connectivity index (χ3n) is 7.73.